The minimum atomic E-state index is -3.29. The Labute approximate surface area is 92.2 Å². The number of hydrogen-bond donors (Lipinski definition) is 1. The van der Waals surface area contributed by atoms with Crippen LogP contribution >= 0.6 is 0 Å². The summed E-state index contributed by atoms with van der Waals surface area (Å²) in [7, 11) is -3.29. The molecule has 0 bridgehead atoms. The van der Waals surface area contributed by atoms with E-state index in [2.05, 4.69) is 0 Å². The molecule has 0 spiro atoms. The summed E-state index contributed by atoms with van der Waals surface area (Å²) in [6, 6.07) is 0. The maximum atomic E-state index is 10.7. The average molecular weight is 235 g/mol. The number of ether oxygens (including phenoxy) is 1. The summed E-state index contributed by atoms with van der Waals surface area (Å²) in [6.07, 6.45) is 5.68. The summed E-state index contributed by atoms with van der Waals surface area (Å²) in [6.45, 7) is 2.78. The second-order valence-electron chi connectivity index (χ2n) is 4.47. The van der Waals surface area contributed by atoms with E-state index in [9.17, 15) is 8.42 Å². The van der Waals surface area contributed by atoms with Gasteiger partial charge in [0.15, 0.2) is 0 Å². The summed E-state index contributed by atoms with van der Waals surface area (Å²) >= 11 is 0. The zero-order valence-corrected chi connectivity index (χ0v) is 10.1. The molecule has 1 unspecified atom stereocenters. The van der Waals surface area contributed by atoms with Crippen LogP contribution in [0.4, 0.5) is 0 Å². The van der Waals surface area contributed by atoms with E-state index in [-0.39, 0.29) is 5.75 Å². The Bertz CT molecular complexity index is 272. The fourth-order valence-electron chi connectivity index (χ4n) is 1.48. The molecule has 1 rings (SSSR count). The SMILES string of the molecule is CC(CCOC1CCC1)CCS(N)(=O)=O. The van der Waals surface area contributed by atoms with Gasteiger partial charge < -0.3 is 4.74 Å². The number of nitrogens with two attached hydrogens (primary N) is 1. The lowest BCUT2D eigenvalue weighted by Crippen LogP contribution is -2.23. The van der Waals surface area contributed by atoms with E-state index in [0.29, 0.717) is 18.4 Å². The van der Waals surface area contributed by atoms with Crippen LogP contribution in [-0.4, -0.2) is 26.9 Å². The normalized spacial score (nSPS) is 19.9. The fraction of sp³-hybridized carbons (Fsp3) is 1.00. The maximum Gasteiger partial charge on any atom is 0.209 e. The Morgan fingerprint density at radius 3 is 2.53 bits per heavy atom. The quantitative estimate of drug-likeness (QED) is 0.722. The molecule has 0 heterocycles. The minimum Gasteiger partial charge on any atom is -0.378 e. The molecular weight excluding hydrogens is 214 g/mol. The van der Waals surface area contributed by atoms with Crippen molar-refractivity contribution in [1.82, 2.24) is 0 Å². The lowest BCUT2D eigenvalue weighted by atomic mass is 9.96. The van der Waals surface area contributed by atoms with Crippen molar-refractivity contribution in [3.63, 3.8) is 0 Å². The van der Waals surface area contributed by atoms with Gasteiger partial charge in [0.25, 0.3) is 0 Å². The molecule has 90 valence electrons. The van der Waals surface area contributed by atoms with E-state index in [1.807, 2.05) is 6.92 Å². The molecule has 0 saturated heterocycles. The third kappa shape index (κ3) is 6.12. The van der Waals surface area contributed by atoms with E-state index < -0.39 is 10.0 Å². The molecule has 1 fully saturated rings. The van der Waals surface area contributed by atoms with Gasteiger partial charge in [-0.1, -0.05) is 6.92 Å². The smallest absolute Gasteiger partial charge is 0.209 e. The van der Waals surface area contributed by atoms with Gasteiger partial charge in [-0.2, -0.15) is 0 Å². The Hall–Kier alpha value is -0.130. The molecular formula is C10H21NO3S. The summed E-state index contributed by atoms with van der Waals surface area (Å²) in [5.41, 5.74) is 0. The molecule has 1 aliphatic rings. The van der Waals surface area contributed by atoms with Gasteiger partial charge in [-0.3, -0.25) is 0 Å². The summed E-state index contributed by atoms with van der Waals surface area (Å²) in [4.78, 5) is 0. The monoisotopic (exact) mass is 235 g/mol. The summed E-state index contributed by atoms with van der Waals surface area (Å²) < 4.78 is 27.0. The highest BCUT2D eigenvalue weighted by molar-refractivity contribution is 7.89. The fourth-order valence-corrected chi connectivity index (χ4v) is 2.21. The van der Waals surface area contributed by atoms with Gasteiger partial charge in [-0.05, 0) is 38.0 Å². The molecule has 0 radical (unpaired) electrons. The highest BCUT2D eigenvalue weighted by atomic mass is 32.2. The van der Waals surface area contributed by atoms with Crippen LogP contribution in [-0.2, 0) is 14.8 Å². The van der Waals surface area contributed by atoms with E-state index in [0.717, 1.165) is 13.0 Å². The first-order valence-electron chi connectivity index (χ1n) is 5.59. The van der Waals surface area contributed by atoms with Gasteiger partial charge in [-0.25, -0.2) is 13.6 Å². The van der Waals surface area contributed by atoms with Crippen LogP contribution in [0, 0.1) is 5.92 Å². The highest BCUT2D eigenvalue weighted by Gasteiger charge is 2.17. The predicted octanol–water partition coefficient (Wildman–Crippen LogP) is 1.26. The average Bonchev–Trinajstić information content (AvgIpc) is 2.04. The Balaban J connectivity index is 2.00. The lowest BCUT2D eigenvalue weighted by Gasteiger charge is -2.26. The van der Waals surface area contributed by atoms with Crippen LogP contribution in [0.1, 0.15) is 39.0 Å². The second-order valence-corrected chi connectivity index (χ2v) is 6.21. The van der Waals surface area contributed by atoms with Crippen molar-refractivity contribution in [3.8, 4) is 0 Å². The molecule has 0 amide bonds. The Morgan fingerprint density at radius 1 is 1.40 bits per heavy atom. The summed E-state index contributed by atoms with van der Waals surface area (Å²) in [5, 5.41) is 4.93. The van der Waals surface area contributed by atoms with Crippen molar-refractivity contribution >= 4 is 10.0 Å². The molecule has 1 atom stereocenters. The van der Waals surface area contributed by atoms with Crippen LogP contribution in [0.25, 0.3) is 0 Å². The largest absolute Gasteiger partial charge is 0.378 e. The van der Waals surface area contributed by atoms with E-state index in [1.165, 1.54) is 19.3 Å². The Kier molecular flexibility index (Phi) is 5.02. The van der Waals surface area contributed by atoms with E-state index in [1.54, 1.807) is 0 Å². The topological polar surface area (TPSA) is 69.4 Å². The van der Waals surface area contributed by atoms with Crippen molar-refractivity contribution in [2.45, 2.75) is 45.1 Å². The van der Waals surface area contributed by atoms with E-state index >= 15 is 0 Å². The van der Waals surface area contributed by atoms with Crippen LogP contribution in [0.15, 0.2) is 0 Å². The predicted molar refractivity (Wildman–Crippen MR) is 60.0 cm³/mol. The minimum absolute atomic E-state index is 0.0809. The van der Waals surface area contributed by atoms with Crippen LogP contribution in [0.3, 0.4) is 0 Å². The van der Waals surface area contributed by atoms with E-state index in [4.69, 9.17) is 9.88 Å². The van der Waals surface area contributed by atoms with Crippen molar-refractivity contribution < 1.29 is 13.2 Å². The van der Waals surface area contributed by atoms with Gasteiger partial charge in [0, 0.05) is 6.61 Å². The maximum absolute atomic E-state index is 10.7. The van der Waals surface area contributed by atoms with Crippen LogP contribution < -0.4 is 5.14 Å². The molecule has 1 aliphatic carbocycles. The number of sulfonamides is 1. The molecule has 5 heteroatoms. The van der Waals surface area contributed by atoms with Gasteiger partial charge in [0.05, 0.1) is 11.9 Å². The standard InChI is InChI=1S/C10H21NO3S/c1-9(6-8-15(11,12)13)5-7-14-10-3-2-4-10/h9-10H,2-8H2,1H3,(H2,11,12,13). The number of hydrogen-bond acceptors (Lipinski definition) is 3. The molecule has 0 aromatic heterocycles. The number of rotatable bonds is 7. The zero-order valence-electron chi connectivity index (χ0n) is 9.31. The highest BCUT2D eigenvalue weighted by Crippen LogP contribution is 2.22. The van der Waals surface area contributed by atoms with Crippen molar-refractivity contribution in [2.24, 2.45) is 11.1 Å². The molecule has 0 aromatic carbocycles. The van der Waals surface area contributed by atoms with Gasteiger partial charge in [0.1, 0.15) is 0 Å². The van der Waals surface area contributed by atoms with Crippen LogP contribution in [0.5, 0.6) is 0 Å². The molecule has 1 saturated carbocycles. The molecule has 0 aromatic rings. The van der Waals surface area contributed by atoms with Crippen molar-refractivity contribution in [3.05, 3.63) is 0 Å². The van der Waals surface area contributed by atoms with Crippen molar-refractivity contribution in [1.29, 1.82) is 0 Å². The van der Waals surface area contributed by atoms with Gasteiger partial charge in [0.2, 0.25) is 10.0 Å². The molecule has 0 aliphatic heterocycles. The first kappa shape index (κ1) is 12.9. The van der Waals surface area contributed by atoms with Crippen LogP contribution in [0.2, 0.25) is 0 Å². The summed E-state index contributed by atoms with van der Waals surface area (Å²) in [5.74, 6) is 0.445. The third-order valence-electron chi connectivity index (χ3n) is 2.91. The van der Waals surface area contributed by atoms with Gasteiger partial charge >= 0.3 is 0 Å². The molecule has 15 heavy (non-hydrogen) atoms. The first-order valence-corrected chi connectivity index (χ1v) is 7.31. The van der Waals surface area contributed by atoms with Crippen molar-refractivity contribution in [2.75, 3.05) is 12.4 Å². The number of primary sulfonamides is 1. The Morgan fingerprint density at radius 2 is 2.07 bits per heavy atom. The molecule has 2 N–H and O–H groups in total. The second kappa shape index (κ2) is 5.82. The molecule has 4 nitrogen and oxygen atoms in total. The van der Waals surface area contributed by atoms with Gasteiger partial charge in [-0.15, -0.1) is 0 Å². The first-order chi connectivity index (χ1) is 6.97. The zero-order chi connectivity index (χ0) is 11.3. The third-order valence-corrected chi connectivity index (χ3v) is 3.72. The lowest BCUT2D eigenvalue weighted by molar-refractivity contribution is -0.00302.